The quantitative estimate of drug-likeness (QED) is 0.0672. The Hall–Kier alpha value is -3.62. The number of benzene rings is 2. The number of halogens is 2. The van der Waals surface area contributed by atoms with Gasteiger partial charge in [0.1, 0.15) is 0 Å². The maximum atomic E-state index is 12.3. The second-order valence-electron chi connectivity index (χ2n) is 13.2. The summed E-state index contributed by atoms with van der Waals surface area (Å²) in [6.07, 6.45) is 7.72. The molecule has 48 heavy (non-hydrogen) atoms. The maximum absolute atomic E-state index is 12.3. The lowest BCUT2D eigenvalue weighted by Crippen LogP contribution is -2.35. The maximum Gasteiger partial charge on any atom is 0.333 e. The fourth-order valence-corrected chi connectivity index (χ4v) is 6.58. The summed E-state index contributed by atoms with van der Waals surface area (Å²) in [7, 11) is 0. The number of aliphatic hydroxyl groups is 1. The van der Waals surface area contributed by atoms with Gasteiger partial charge in [-0.1, -0.05) is 67.3 Å². The zero-order valence-corrected chi connectivity index (χ0v) is 28.5. The molecule has 1 aliphatic carbocycles. The van der Waals surface area contributed by atoms with E-state index in [9.17, 15) is 18.4 Å². The van der Waals surface area contributed by atoms with Crippen LogP contribution in [0.5, 0.6) is 0 Å². The number of aryl methyl sites for hydroxylation is 1. The average Bonchev–Trinajstić information content (AvgIpc) is 3.10. The van der Waals surface area contributed by atoms with E-state index in [4.69, 9.17) is 19.3 Å². The number of rotatable bonds is 15. The Morgan fingerprint density at radius 3 is 2.12 bits per heavy atom. The minimum absolute atomic E-state index is 0.111. The molecule has 2 aromatic carbocycles. The van der Waals surface area contributed by atoms with Crippen LogP contribution in [0.15, 0.2) is 85.0 Å². The van der Waals surface area contributed by atoms with Gasteiger partial charge in [0, 0.05) is 11.5 Å². The van der Waals surface area contributed by atoms with Gasteiger partial charge in [-0.3, -0.25) is 4.79 Å². The van der Waals surface area contributed by atoms with E-state index in [0.29, 0.717) is 62.3 Å². The molecule has 2 fully saturated rings. The summed E-state index contributed by atoms with van der Waals surface area (Å²) in [6.45, 7) is 12.5. The number of hydrogen-bond donors (Lipinski definition) is 1. The molecule has 4 rings (SSSR count). The van der Waals surface area contributed by atoms with Gasteiger partial charge >= 0.3 is 5.97 Å². The molecule has 1 N–H and O–H groups in total. The molecule has 3 unspecified atom stereocenters. The number of carbonyl (C=O) groups excluding carboxylic acids is 2. The van der Waals surface area contributed by atoms with Crippen LogP contribution >= 0.6 is 0 Å². The molecule has 1 saturated carbocycles. The molecule has 2 aromatic rings. The predicted octanol–water partition coefficient (Wildman–Crippen LogP) is 8.99. The lowest BCUT2D eigenvalue weighted by atomic mass is 9.72. The Bertz CT molecular complexity index is 1320. The molecule has 6 nitrogen and oxygen atoms in total. The van der Waals surface area contributed by atoms with E-state index in [-0.39, 0.29) is 24.6 Å². The van der Waals surface area contributed by atoms with Crippen LogP contribution in [-0.4, -0.2) is 50.1 Å². The highest BCUT2D eigenvalue weighted by Crippen LogP contribution is 2.41. The number of carbonyl (C=O) groups is 2. The molecule has 3 atom stereocenters. The van der Waals surface area contributed by atoms with E-state index in [1.165, 1.54) is 5.56 Å². The summed E-state index contributed by atoms with van der Waals surface area (Å²) >= 11 is 0. The first-order valence-corrected chi connectivity index (χ1v) is 17.1. The lowest BCUT2D eigenvalue weighted by Gasteiger charge is -2.39. The largest absolute Gasteiger partial charge is 0.468 e. The van der Waals surface area contributed by atoms with Crippen molar-refractivity contribution in [2.24, 2.45) is 17.8 Å². The highest BCUT2D eigenvalue weighted by Gasteiger charge is 2.34. The van der Waals surface area contributed by atoms with Crippen LogP contribution < -0.4 is 0 Å². The molecule has 2 aliphatic rings. The van der Waals surface area contributed by atoms with Crippen molar-refractivity contribution < 1.29 is 37.7 Å². The first-order chi connectivity index (χ1) is 23.1. The van der Waals surface area contributed by atoms with Crippen LogP contribution in [0, 0.1) is 17.8 Å². The van der Waals surface area contributed by atoms with Crippen molar-refractivity contribution in [1.29, 1.82) is 0 Å². The van der Waals surface area contributed by atoms with Crippen molar-refractivity contribution in [2.75, 3.05) is 26.4 Å². The van der Waals surface area contributed by atoms with Crippen molar-refractivity contribution in [1.82, 2.24) is 0 Å². The van der Waals surface area contributed by atoms with Crippen LogP contribution in [0.1, 0.15) is 82.3 Å². The van der Waals surface area contributed by atoms with Crippen LogP contribution in [0.3, 0.4) is 0 Å². The number of hydrogen-bond acceptors (Lipinski definition) is 6. The number of ether oxygens (including phenoxy) is 3. The number of aliphatic hydroxyl groups excluding tert-OH is 1. The average molecular weight is 667 g/mol. The summed E-state index contributed by atoms with van der Waals surface area (Å²) < 4.78 is 41.4. The van der Waals surface area contributed by atoms with E-state index in [1.807, 2.05) is 12.1 Å². The predicted molar refractivity (Wildman–Crippen MR) is 185 cm³/mol. The molecule has 1 saturated heterocycles. The monoisotopic (exact) mass is 666 g/mol. The highest BCUT2D eigenvalue weighted by molar-refractivity contribution is 5.86. The third kappa shape index (κ3) is 13.1. The van der Waals surface area contributed by atoms with E-state index in [2.05, 4.69) is 49.6 Å². The molecule has 0 spiro atoms. The van der Waals surface area contributed by atoms with Gasteiger partial charge in [-0.15, -0.1) is 0 Å². The van der Waals surface area contributed by atoms with E-state index in [1.54, 1.807) is 13.8 Å². The summed E-state index contributed by atoms with van der Waals surface area (Å²) in [6, 6.07) is 16.8. The third-order valence-electron chi connectivity index (χ3n) is 9.44. The Kier molecular flexibility index (Phi) is 16.7. The molecule has 0 bridgehead atoms. The van der Waals surface area contributed by atoms with Gasteiger partial charge in [-0.25, -0.2) is 4.79 Å². The molecule has 0 aromatic heterocycles. The second kappa shape index (κ2) is 20.7. The lowest BCUT2D eigenvalue weighted by molar-refractivity contribution is -0.142. The molecule has 262 valence electrons. The Balaban J connectivity index is 0.00000116. The molecular weight excluding hydrogens is 614 g/mol. The number of esters is 1. The standard InChI is InChI=1S/C36H44F2O5.C4H8O/c1-25(2)36(40)43-23-33(20-21-41-24-39)30-14-16-31(17-15-30)34-19-18-32(22-42-34)29-12-10-28(11-13-29)27-8-6-26(7-9-27)4-3-5-35(37)38;1-4(2)3-5/h5-13,24,30-34H,1,3-4,14-23H2,2H3;5H,1,3H2,2H3. The van der Waals surface area contributed by atoms with Crippen molar-refractivity contribution >= 4 is 12.4 Å². The van der Waals surface area contributed by atoms with Gasteiger partial charge in [0.25, 0.3) is 12.6 Å². The second-order valence-corrected chi connectivity index (χ2v) is 13.2. The minimum Gasteiger partial charge on any atom is -0.468 e. The first-order valence-electron chi connectivity index (χ1n) is 17.1. The third-order valence-corrected chi connectivity index (χ3v) is 9.44. The van der Waals surface area contributed by atoms with E-state index >= 15 is 0 Å². The van der Waals surface area contributed by atoms with Crippen LogP contribution in [0.25, 0.3) is 11.1 Å². The van der Waals surface area contributed by atoms with Gasteiger partial charge in [-0.05, 0) is 118 Å². The summed E-state index contributed by atoms with van der Waals surface area (Å²) in [5.74, 6) is 1.15. The summed E-state index contributed by atoms with van der Waals surface area (Å²) in [5, 5.41) is 8.04. The molecule has 0 amide bonds. The normalized spacial score (nSPS) is 21.1. The zero-order valence-electron chi connectivity index (χ0n) is 28.5. The first kappa shape index (κ1) is 38.8. The highest BCUT2D eigenvalue weighted by atomic mass is 19.3. The van der Waals surface area contributed by atoms with Gasteiger partial charge in [0.2, 0.25) is 0 Å². The Labute approximate surface area is 284 Å². The Morgan fingerprint density at radius 2 is 1.60 bits per heavy atom. The molecule has 0 radical (unpaired) electrons. The smallest absolute Gasteiger partial charge is 0.333 e. The Morgan fingerprint density at radius 1 is 0.979 bits per heavy atom. The van der Waals surface area contributed by atoms with Crippen molar-refractivity contribution in [3.05, 3.63) is 96.1 Å². The summed E-state index contributed by atoms with van der Waals surface area (Å²) in [4.78, 5) is 22.6. The fraction of sp³-hybridized carbons (Fsp3) is 0.500. The molecule has 1 aliphatic heterocycles. The van der Waals surface area contributed by atoms with Crippen molar-refractivity contribution in [3.63, 3.8) is 0 Å². The van der Waals surface area contributed by atoms with Crippen molar-refractivity contribution in [3.8, 4) is 11.1 Å². The van der Waals surface area contributed by atoms with E-state index in [0.717, 1.165) is 73.5 Å². The SMILES string of the molecule is C=C(C)C(=O)OCC(CCOC=O)C1CCC(C2CCC(c3ccc(-c4ccc(CCC=C(F)F)cc4)cc3)CO2)CC1.C=C(C)CO. The van der Waals surface area contributed by atoms with Crippen LogP contribution in [0.4, 0.5) is 8.78 Å². The van der Waals surface area contributed by atoms with Gasteiger partial charge in [-0.2, -0.15) is 8.78 Å². The zero-order chi connectivity index (χ0) is 34.9. The summed E-state index contributed by atoms with van der Waals surface area (Å²) in [5.41, 5.74) is 5.81. The molecule has 1 heterocycles. The molecular formula is C40H52F2O6. The minimum atomic E-state index is -1.62. The molecule has 8 heteroatoms. The van der Waals surface area contributed by atoms with Gasteiger partial charge in [0.05, 0.1) is 32.5 Å². The van der Waals surface area contributed by atoms with Crippen LogP contribution in [-0.2, 0) is 30.2 Å². The van der Waals surface area contributed by atoms with Gasteiger partial charge in [0.15, 0.2) is 0 Å². The van der Waals surface area contributed by atoms with Crippen molar-refractivity contribution in [2.45, 2.75) is 83.7 Å². The topological polar surface area (TPSA) is 82.1 Å². The fourth-order valence-electron chi connectivity index (χ4n) is 6.58. The van der Waals surface area contributed by atoms with Crippen LogP contribution in [0.2, 0.25) is 0 Å². The van der Waals surface area contributed by atoms with E-state index < -0.39 is 6.08 Å². The van der Waals surface area contributed by atoms with Gasteiger partial charge < -0.3 is 19.3 Å². The number of allylic oxidation sites excluding steroid dienone is 1.